The second-order valence-corrected chi connectivity index (χ2v) is 31.0. The number of Topliss-reactive ketones (excluding diaryl/α,β-unsaturated/α-hetero) is 2. The molecular weight excluding hydrogens is 1640 g/mol. The smallest absolute Gasteiger partial charge is 0.261 e. The van der Waals surface area contributed by atoms with Crippen LogP contribution < -0.4 is 32.1 Å². The molecule has 8 atom stereocenters. The zero-order valence-electron chi connectivity index (χ0n) is 71.8. The van der Waals surface area contributed by atoms with E-state index in [-0.39, 0.29) is 99.6 Å². The number of aliphatic hydroxyl groups excluding tert-OH is 1. The number of carbonyl (C=O) groups excluding carboxylic acids is 10. The van der Waals surface area contributed by atoms with Crippen LogP contribution in [0.2, 0.25) is 0 Å². The summed E-state index contributed by atoms with van der Waals surface area (Å²) in [6.45, 7) is 1.84. The lowest BCUT2D eigenvalue weighted by Gasteiger charge is -2.36. The Morgan fingerprint density at radius 1 is 0.492 bits per heavy atom. The highest BCUT2D eigenvalue weighted by Crippen LogP contribution is 2.42. The first-order valence-electron chi connectivity index (χ1n) is 42.6. The lowest BCUT2D eigenvalue weighted by atomic mass is 9.94. The number of hydrogen-bond donors (Lipinski definition) is 8. The molecule has 29 heteroatoms. The summed E-state index contributed by atoms with van der Waals surface area (Å²) in [6.07, 6.45) is 1.02. The molecule has 8 amide bonds. The number of imide groups is 1. The summed E-state index contributed by atoms with van der Waals surface area (Å²) in [5, 5.41) is 31.8. The van der Waals surface area contributed by atoms with E-state index in [0.29, 0.717) is 122 Å². The average Bonchev–Trinajstić information content (AvgIpc) is 0.764. The number of rotatable bonds is 42. The van der Waals surface area contributed by atoms with Gasteiger partial charge in [-0.1, -0.05) is 220 Å². The van der Waals surface area contributed by atoms with Gasteiger partial charge in [-0.05, 0) is 135 Å². The van der Waals surface area contributed by atoms with Gasteiger partial charge in [0.1, 0.15) is 11.5 Å². The van der Waals surface area contributed by atoms with E-state index in [2.05, 4.69) is 26.6 Å². The highest BCUT2D eigenvalue weighted by atomic mass is 32.2. The predicted molar refractivity (Wildman–Crippen MR) is 475 cm³/mol. The molecule has 9 aromatic rings. The average molecular weight is 1760 g/mol. The normalized spacial score (nSPS) is 14.9. The lowest BCUT2D eigenvalue weighted by molar-refractivity contribution is -0.245. The maximum Gasteiger partial charge on any atom is 0.261 e. The van der Waals surface area contributed by atoms with Gasteiger partial charge in [-0.2, -0.15) is 0 Å². The Labute approximate surface area is 736 Å². The summed E-state index contributed by atoms with van der Waals surface area (Å²) in [6, 6.07) is 65.2. The van der Waals surface area contributed by atoms with E-state index in [0.717, 1.165) is 62.9 Å². The Hall–Kier alpha value is -11.6. The summed E-state index contributed by atoms with van der Waals surface area (Å²) >= 11 is 1.50. The van der Waals surface area contributed by atoms with Crippen molar-refractivity contribution in [2.45, 2.75) is 209 Å². The van der Waals surface area contributed by atoms with Crippen molar-refractivity contribution < 1.29 is 94.1 Å². The van der Waals surface area contributed by atoms with E-state index >= 15 is 0 Å². The van der Waals surface area contributed by atoms with Crippen LogP contribution in [-0.4, -0.2) is 156 Å². The number of anilines is 1. The zero-order valence-corrected chi connectivity index (χ0v) is 72.6. The van der Waals surface area contributed by atoms with Gasteiger partial charge in [-0.15, -0.1) is 0 Å². The van der Waals surface area contributed by atoms with Crippen molar-refractivity contribution in [2.75, 3.05) is 45.8 Å². The van der Waals surface area contributed by atoms with Crippen molar-refractivity contribution in [3.63, 3.8) is 0 Å². The van der Waals surface area contributed by atoms with Gasteiger partial charge in [0, 0.05) is 118 Å². The minimum Gasteiger partial charge on any atom is -0.431 e. The number of hydroxylamine groups is 1. The van der Waals surface area contributed by atoms with Gasteiger partial charge in [0.25, 0.3) is 40.7 Å². The summed E-state index contributed by atoms with van der Waals surface area (Å²) in [4.78, 5) is 121. The lowest BCUT2D eigenvalue weighted by Crippen LogP contribution is -2.41. The van der Waals surface area contributed by atoms with Crippen LogP contribution in [-0.2, 0) is 67.3 Å². The van der Waals surface area contributed by atoms with Gasteiger partial charge < -0.3 is 45.6 Å². The minimum atomic E-state index is -1.56. The van der Waals surface area contributed by atoms with Gasteiger partial charge in [0.2, 0.25) is 11.8 Å². The monoisotopic (exact) mass is 1760 g/mol. The molecule has 0 aliphatic carbocycles. The van der Waals surface area contributed by atoms with Crippen LogP contribution in [0, 0.1) is 0 Å². The van der Waals surface area contributed by atoms with Crippen LogP contribution in [0.1, 0.15) is 196 Å². The van der Waals surface area contributed by atoms with Crippen molar-refractivity contribution in [2.24, 2.45) is 0 Å². The van der Waals surface area contributed by atoms with Gasteiger partial charge >= 0.3 is 0 Å². The third-order valence-electron chi connectivity index (χ3n) is 20.7. The van der Waals surface area contributed by atoms with Gasteiger partial charge in [0.15, 0.2) is 48.7 Å². The number of benzene rings is 8. The fourth-order valence-corrected chi connectivity index (χ4v) is 14.4. The molecule has 674 valence electrons. The first-order chi connectivity index (χ1) is 60.9. The number of aliphatic hydroxyl groups is 1. The molecule has 8 N–H and O–H groups in total. The van der Waals surface area contributed by atoms with Crippen LogP contribution >= 0.6 is 11.8 Å². The first kappa shape index (κ1) is 101. The van der Waals surface area contributed by atoms with Crippen molar-refractivity contribution in [1.29, 1.82) is 0 Å². The third kappa shape index (κ3) is 34.0. The third-order valence-corrected chi connectivity index (χ3v) is 21.7. The number of carbonyl (C=O) groups is 10. The van der Waals surface area contributed by atoms with Crippen LogP contribution in [0.4, 0.5) is 27.6 Å². The number of aryl methyl sites for hydroxylation is 1. The highest BCUT2D eigenvalue weighted by molar-refractivity contribution is 7.99. The second kappa shape index (κ2) is 55.7. The number of halogens is 5. The standard InChI is InChI=1S/C43H45FN2O6S.C19H19FN2O3.C16H22FNO2.C11H14FNO.C8H15FN2O3/c1-2-37(48)36(44)16-10-5-11-17-39(49)45-34-24-22-33(23-25-34)42-50-35(26-38(51-42)30-20-18-29(27-47)19-21-30)28-53-43-46-40(31-12-6-3-7-13-31)41(52-43)32-14-8-4-9-15-32;1-21-17(23)15(20)10-2-3-11-22-18(24)13-8-4-6-12-7-5-9-14(16(12)13)19(22)25;1-18-16(20)15(17)11-7-3-6-10-14(19)12-13-8-4-2-5-9-13;1-13-11(14)10(12)8-7-9-5-3-2-4-6-9;1-10-8(13)6(9)4-2-3-5-7(12)11-14/h3-4,6-9,12-15,18-25,35-36,38,42,47H,2,5,10-11,16-17,26-28H2,1H3,(H,45,49);4-9,15H,2-3,10-11H2,1H3,(H,21,23);2,4-5,8-9,15H,3,6-7,10-12H2,1H3,(H,18,20);2-6,10H,7-8H2,1H3,(H,13,14);6,14H,2-5H2,1H3,(H,10,13)(H,11,12)/t35-,36?,38+,42+;;;;/m1..../s1. The van der Waals surface area contributed by atoms with Crippen LogP contribution in [0.3, 0.4) is 0 Å². The molecule has 1 aromatic heterocycles. The Kier molecular flexibility index (Phi) is 44.8. The molecule has 5 unspecified atom stereocenters. The van der Waals surface area contributed by atoms with Gasteiger partial charge in [-0.25, -0.2) is 32.4 Å². The Balaban J connectivity index is 0.000000246. The number of ketones is 2. The summed E-state index contributed by atoms with van der Waals surface area (Å²) in [5.41, 5.74) is 10.6. The molecule has 0 spiro atoms. The van der Waals surface area contributed by atoms with Crippen molar-refractivity contribution in [3.05, 3.63) is 245 Å². The van der Waals surface area contributed by atoms with E-state index in [4.69, 9.17) is 24.1 Å². The number of thioether (sulfide) groups is 1. The maximum atomic E-state index is 13.8. The fraction of sp³-hybridized carbons (Fsp3) is 0.392. The number of nitrogens with zero attached hydrogens (tertiary/aromatic N) is 2. The van der Waals surface area contributed by atoms with E-state index < -0.39 is 66.7 Å². The molecule has 1 saturated heterocycles. The largest absolute Gasteiger partial charge is 0.431 e. The molecule has 0 bridgehead atoms. The molecule has 3 heterocycles. The molecule has 0 saturated carbocycles. The number of alkyl halides is 5. The molecule has 8 aromatic carbocycles. The quantitative estimate of drug-likeness (QED) is 0.00440. The number of oxazole rings is 1. The van der Waals surface area contributed by atoms with Crippen molar-refractivity contribution in [1.82, 2.24) is 36.6 Å². The van der Waals surface area contributed by atoms with E-state index in [1.807, 2.05) is 182 Å². The number of nitrogens with one attached hydrogen (secondary N) is 6. The number of amides is 8. The SMILES string of the molecule is CCC(=O)C(F)CCCCCC(=O)Nc1ccc([C@H]2O[C@@H](CSc3nc(-c4ccccc4)c(-c4ccccc4)o3)C[C@@H](c3ccc(CO)cc3)O2)cc1.CNC(=O)C(F)CCCCC(=O)NO.CNC(=O)C(F)CCCCCC(=O)Cc1ccccc1.CNC(=O)C(F)CCCCN1C(=O)c2cccc3cccc(c23)C1=O.CNC(=O)C(F)CCc1ccccc1. The van der Waals surface area contributed by atoms with Crippen molar-refractivity contribution in [3.8, 4) is 22.6 Å². The summed E-state index contributed by atoms with van der Waals surface area (Å²) in [7, 11) is 5.63. The molecule has 2 aliphatic heterocycles. The summed E-state index contributed by atoms with van der Waals surface area (Å²) in [5.74, 6) is -2.52. The van der Waals surface area contributed by atoms with E-state index in [1.54, 1.807) is 31.2 Å². The van der Waals surface area contributed by atoms with E-state index in [9.17, 15) is 75.0 Å². The number of aromatic nitrogens is 1. The highest BCUT2D eigenvalue weighted by Gasteiger charge is 2.35. The fourth-order valence-electron chi connectivity index (χ4n) is 13.6. The summed E-state index contributed by atoms with van der Waals surface area (Å²) < 4.78 is 85.8. The topological polar surface area (TPSA) is 331 Å². The van der Waals surface area contributed by atoms with E-state index in [1.165, 1.54) is 50.3 Å². The maximum absolute atomic E-state index is 13.8. The van der Waals surface area contributed by atoms with Crippen molar-refractivity contribution >= 4 is 87.0 Å². The van der Waals surface area contributed by atoms with Crippen LogP contribution in [0.5, 0.6) is 0 Å². The van der Waals surface area contributed by atoms with Crippen LogP contribution in [0.15, 0.2) is 216 Å². The Morgan fingerprint density at radius 2 is 0.960 bits per heavy atom. The molecule has 23 nitrogen and oxygen atoms in total. The Morgan fingerprint density at radius 3 is 1.48 bits per heavy atom. The Bertz CT molecular complexity index is 4770. The molecule has 1 fully saturated rings. The molecule has 0 radical (unpaired) electrons. The minimum absolute atomic E-state index is 0.0352. The molecular formula is C97H115F5N8O15S. The molecule has 2 aliphatic rings. The second-order valence-electron chi connectivity index (χ2n) is 30.0. The molecule has 126 heavy (non-hydrogen) atoms. The predicted octanol–water partition coefficient (Wildman–Crippen LogP) is 17.4. The zero-order chi connectivity index (χ0) is 91.1. The van der Waals surface area contributed by atoms with Gasteiger partial charge in [-0.3, -0.25) is 58.1 Å². The number of unbranched alkanes of at least 4 members (excludes halogenated alkanes) is 6. The first-order valence-corrected chi connectivity index (χ1v) is 43.6. The van der Waals surface area contributed by atoms with Crippen LogP contribution in [0.25, 0.3) is 33.4 Å². The molecule has 11 rings (SSSR count). The van der Waals surface area contributed by atoms with Gasteiger partial charge in [0.05, 0.1) is 18.8 Å². The number of hydrogen-bond acceptors (Lipinski definition) is 17. The number of ether oxygens (including phenoxy) is 2.